The first-order valence-electron chi connectivity index (χ1n) is 2.93. The van der Waals surface area contributed by atoms with E-state index in [0.29, 0.717) is 6.42 Å². The Morgan fingerprint density at radius 3 is 2.50 bits per heavy atom. The summed E-state index contributed by atoms with van der Waals surface area (Å²) in [6, 6.07) is 0. The number of hydrogen-bond acceptors (Lipinski definition) is 2. The van der Waals surface area contributed by atoms with Crippen molar-refractivity contribution in [3.8, 4) is 0 Å². The lowest BCUT2D eigenvalue weighted by molar-refractivity contribution is 0.453. The summed E-state index contributed by atoms with van der Waals surface area (Å²) in [5.41, 5.74) is -0.264. The van der Waals surface area contributed by atoms with Gasteiger partial charge in [0.05, 0.1) is 5.75 Å². The lowest BCUT2D eigenvalue weighted by atomic mass is 10.0. The van der Waals surface area contributed by atoms with E-state index in [2.05, 4.69) is 4.84 Å². The molecule has 10 heavy (non-hydrogen) atoms. The topological polar surface area (TPSA) is 49.3 Å². The first-order chi connectivity index (χ1) is 4.48. The van der Waals surface area contributed by atoms with Crippen LogP contribution in [0.3, 0.4) is 0 Å². The van der Waals surface area contributed by atoms with Gasteiger partial charge in [0.15, 0.2) is 11.1 Å². The molecule has 0 saturated heterocycles. The molecule has 0 saturated carbocycles. The summed E-state index contributed by atoms with van der Waals surface area (Å²) in [5, 5.41) is 0. The lowest BCUT2D eigenvalue weighted by Crippen LogP contribution is -2.33. The molecule has 5 heteroatoms. The summed E-state index contributed by atoms with van der Waals surface area (Å²) in [5.74, 6) is 0.257. The van der Waals surface area contributed by atoms with E-state index in [-0.39, 0.29) is 11.3 Å². The number of nitrogens with one attached hydrogen (secondary N) is 1. The second-order valence-electron chi connectivity index (χ2n) is 2.75. The van der Waals surface area contributed by atoms with Gasteiger partial charge in [-0.2, -0.15) is 0 Å². The minimum atomic E-state index is -1.71. The molecule has 0 rings (SSSR count). The van der Waals surface area contributed by atoms with Crippen LogP contribution in [-0.2, 0) is 11.1 Å². The van der Waals surface area contributed by atoms with Gasteiger partial charge in [0.2, 0.25) is 0 Å². The molecule has 0 amide bonds. The van der Waals surface area contributed by atoms with Gasteiger partial charge in [0.1, 0.15) is 0 Å². The third-order valence-electron chi connectivity index (χ3n) is 1.16. The fraction of sp³-hybridized carbons (Fsp3) is 1.00. The predicted octanol–water partition coefficient (Wildman–Crippen LogP) is 1.12. The van der Waals surface area contributed by atoms with Crippen LogP contribution in [0.5, 0.6) is 0 Å². The van der Waals surface area contributed by atoms with E-state index >= 15 is 0 Å². The van der Waals surface area contributed by atoms with E-state index in [9.17, 15) is 4.21 Å². The van der Waals surface area contributed by atoms with E-state index in [4.69, 9.17) is 16.3 Å². The average Bonchev–Trinajstić information content (AvgIpc) is 1.85. The zero-order valence-corrected chi connectivity index (χ0v) is 7.63. The molecule has 0 aromatic carbocycles. The second kappa shape index (κ2) is 4.28. The highest BCUT2D eigenvalue weighted by molar-refractivity contribution is 7.79. The molecule has 0 aromatic rings. The molecule has 3 nitrogen and oxygen atoms in total. The van der Waals surface area contributed by atoms with Crippen molar-refractivity contribution in [2.24, 2.45) is 0 Å². The monoisotopic (exact) mass is 185 g/mol. The maximum atomic E-state index is 10.2. The van der Waals surface area contributed by atoms with Crippen molar-refractivity contribution < 1.29 is 8.76 Å². The molecule has 0 bridgehead atoms. The SMILES string of the molecule is CC(C)(CCS(=O)O)NCl. The van der Waals surface area contributed by atoms with Crippen LogP contribution in [-0.4, -0.2) is 20.1 Å². The van der Waals surface area contributed by atoms with Gasteiger partial charge >= 0.3 is 0 Å². The molecule has 0 fully saturated rings. The van der Waals surface area contributed by atoms with Crippen molar-refractivity contribution in [1.82, 2.24) is 4.84 Å². The first-order valence-corrected chi connectivity index (χ1v) is 4.58. The minimum absolute atomic E-state index is 0.257. The summed E-state index contributed by atoms with van der Waals surface area (Å²) in [6.45, 7) is 3.74. The zero-order valence-electron chi connectivity index (χ0n) is 6.06. The summed E-state index contributed by atoms with van der Waals surface area (Å²) in [4.78, 5) is 2.52. The molecular weight excluding hydrogens is 174 g/mol. The normalized spacial score (nSPS) is 15.2. The molecular formula is C5H12ClNO2S. The van der Waals surface area contributed by atoms with Gasteiger partial charge in [-0.25, -0.2) is 9.04 Å². The Hall–Kier alpha value is 0.360. The van der Waals surface area contributed by atoms with Crippen LogP contribution in [0.4, 0.5) is 0 Å². The van der Waals surface area contributed by atoms with Crippen LogP contribution < -0.4 is 4.84 Å². The molecule has 0 radical (unpaired) electrons. The standard InChI is InChI=1S/C5H12ClNO2S/c1-5(2,7-6)3-4-10(8)9/h7H,3-4H2,1-2H3,(H,8,9). The number of rotatable bonds is 4. The van der Waals surface area contributed by atoms with Crippen LogP contribution in [0.15, 0.2) is 0 Å². The van der Waals surface area contributed by atoms with Gasteiger partial charge in [-0.15, -0.1) is 0 Å². The largest absolute Gasteiger partial charge is 0.306 e. The molecule has 2 N–H and O–H groups in total. The number of halogens is 1. The minimum Gasteiger partial charge on any atom is -0.306 e. The van der Waals surface area contributed by atoms with Crippen molar-refractivity contribution in [3.63, 3.8) is 0 Å². The van der Waals surface area contributed by atoms with Crippen LogP contribution in [0.25, 0.3) is 0 Å². The van der Waals surface area contributed by atoms with Crippen molar-refractivity contribution in [2.75, 3.05) is 5.75 Å². The van der Waals surface area contributed by atoms with Crippen LogP contribution in [0.2, 0.25) is 0 Å². The maximum Gasteiger partial charge on any atom is 0.152 e. The first kappa shape index (κ1) is 10.4. The highest BCUT2D eigenvalue weighted by atomic mass is 35.5. The van der Waals surface area contributed by atoms with Gasteiger partial charge in [-0.05, 0) is 32.0 Å². The van der Waals surface area contributed by atoms with Crippen molar-refractivity contribution in [3.05, 3.63) is 0 Å². The molecule has 0 spiro atoms. The van der Waals surface area contributed by atoms with Gasteiger partial charge < -0.3 is 4.55 Å². The fourth-order valence-electron chi connectivity index (χ4n) is 0.390. The Morgan fingerprint density at radius 2 is 2.20 bits per heavy atom. The van der Waals surface area contributed by atoms with E-state index < -0.39 is 11.1 Å². The molecule has 0 heterocycles. The lowest BCUT2D eigenvalue weighted by Gasteiger charge is -2.20. The predicted molar refractivity (Wildman–Crippen MR) is 43.3 cm³/mol. The Kier molecular flexibility index (Phi) is 4.44. The summed E-state index contributed by atoms with van der Waals surface area (Å²) in [7, 11) is 0. The Bertz CT molecular complexity index is 129. The molecule has 0 aliphatic heterocycles. The Labute approximate surface area is 68.5 Å². The third-order valence-corrected chi connectivity index (χ3v) is 2.22. The molecule has 1 unspecified atom stereocenters. The molecule has 0 aromatic heterocycles. The van der Waals surface area contributed by atoms with Gasteiger partial charge in [-0.3, -0.25) is 0 Å². The summed E-state index contributed by atoms with van der Waals surface area (Å²) in [6.07, 6.45) is 0.583. The van der Waals surface area contributed by atoms with Gasteiger partial charge in [0, 0.05) is 5.54 Å². The quantitative estimate of drug-likeness (QED) is 0.510. The third kappa shape index (κ3) is 5.17. The molecule has 0 aliphatic carbocycles. The average molecular weight is 186 g/mol. The zero-order chi connectivity index (χ0) is 8.20. The molecule has 62 valence electrons. The van der Waals surface area contributed by atoms with E-state index in [1.54, 1.807) is 0 Å². The highest BCUT2D eigenvalue weighted by Gasteiger charge is 2.16. The van der Waals surface area contributed by atoms with Gasteiger partial charge in [-0.1, -0.05) is 0 Å². The van der Waals surface area contributed by atoms with Crippen LogP contribution >= 0.6 is 11.8 Å². The number of hydrogen-bond donors (Lipinski definition) is 2. The smallest absolute Gasteiger partial charge is 0.152 e. The fourth-order valence-corrected chi connectivity index (χ4v) is 1.17. The van der Waals surface area contributed by atoms with Crippen molar-refractivity contribution in [1.29, 1.82) is 0 Å². The van der Waals surface area contributed by atoms with Gasteiger partial charge in [0.25, 0.3) is 0 Å². The molecule has 1 atom stereocenters. The van der Waals surface area contributed by atoms with Crippen LogP contribution in [0, 0.1) is 0 Å². The van der Waals surface area contributed by atoms with E-state index in [1.807, 2.05) is 13.8 Å². The Morgan fingerprint density at radius 1 is 1.70 bits per heavy atom. The van der Waals surface area contributed by atoms with E-state index in [0.717, 1.165) is 0 Å². The second-order valence-corrected chi connectivity index (χ2v) is 3.99. The Balaban J connectivity index is 3.56. The summed E-state index contributed by atoms with van der Waals surface area (Å²) >= 11 is 3.63. The van der Waals surface area contributed by atoms with Crippen molar-refractivity contribution in [2.45, 2.75) is 25.8 Å². The highest BCUT2D eigenvalue weighted by Crippen LogP contribution is 2.08. The molecule has 0 aliphatic rings. The summed E-state index contributed by atoms with van der Waals surface area (Å²) < 4.78 is 18.6. The maximum absolute atomic E-state index is 10.2. The van der Waals surface area contributed by atoms with Crippen molar-refractivity contribution >= 4 is 22.9 Å². The van der Waals surface area contributed by atoms with E-state index in [1.165, 1.54) is 0 Å². The van der Waals surface area contributed by atoms with Crippen LogP contribution in [0.1, 0.15) is 20.3 Å².